The van der Waals surface area contributed by atoms with Gasteiger partial charge in [0.15, 0.2) is 0 Å². The Morgan fingerprint density at radius 2 is 1.68 bits per heavy atom. The lowest BCUT2D eigenvalue weighted by Crippen LogP contribution is -2.53. The summed E-state index contributed by atoms with van der Waals surface area (Å²) in [5, 5.41) is 3.09. The van der Waals surface area contributed by atoms with Gasteiger partial charge in [-0.2, -0.15) is 0 Å². The summed E-state index contributed by atoms with van der Waals surface area (Å²) in [5.74, 6) is 0. The molecule has 0 radical (unpaired) electrons. The van der Waals surface area contributed by atoms with Gasteiger partial charge in [-0.25, -0.2) is 4.79 Å². The Hall–Kier alpha value is -2.53. The van der Waals surface area contributed by atoms with Crippen LogP contribution in [0.15, 0.2) is 54.6 Å². The maximum Gasteiger partial charge on any atom is 0.317 e. The highest BCUT2D eigenvalue weighted by Gasteiger charge is 2.22. The third kappa shape index (κ3) is 5.26. The van der Waals surface area contributed by atoms with Gasteiger partial charge in [0.2, 0.25) is 0 Å². The van der Waals surface area contributed by atoms with E-state index in [2.05, 4.69) is 71.4 Å². The predicted molar refractivity (Wildman–Crippen MR) is 116 cm³/mol. The van der Waals surface area contributed by atoms with Crippen LogP contribution in [0, 0.1) is 6.92 Å². The number of nitrogens with zero attached hydrogens (tertiary/aromatic N) is 3. The van der Waals surface area contributed by atoms with E-state index < -0.39 is 0 Å². The maximum atomic E-state index is 12.5. The summed E-state index contributed by atoms with van der Waals surface area (Å²) in [6, 6.07) is 19.1. The van der Waals surface area contributed by atoms with Crippen molar-refractivity contribution in [2.45, 2.75) is 26.4 Å². The molecule has 1 aliphatic heterocycles. The normalized spacial score (nSPS) is 15.9. The van der Waals surface area contributed by atoms with Gasteiger partial charge in [0.1, 0.15) is 0 Å². The molecule has 3 rings (SSSR count). The number of carbonyl (C=O) groups excluding carboxylic acids is 1. The first kappa shape index (κ1) is 20.2. The van der Waals surface area contributed by atoms with Gasteiger partial charge in [0, 0.05) is 58.0 Å². The molecule has 2 aromatic carbocycles. The standard InChI is InChI=1S/C23H32N4O/c1-19-9-7-8-10-21(19)18-25(3)23(28)24-17-20(2)26-13-15-27(16-14-26)22-11-5-4-6-12-22/h4-12,20H,13-18H2,1-3H3,(H,24,28). The van der Waals surface area contributed by atoms with E-state index in [-0.39, 0.29) is 6.03 Å². The number of urea groups is 1. The van der Waals surface area contributed by atoms with Crippen molar-refractivity contribution in [1.82, 2.24) is 15.1 Å². The first-order valence-electron chi connectivity index (χ1n) is 10.1. The van der Waals surface area contributed by atoms with E-state index in [9.17, 15) is 4.79 Å². The SMILES string of the molecule is Cc1ccccc1CN(C)C(=O)NCC(C)N1CCN(c2ccccc2)CC1. The average Bonchev–Trinajstić information content (AvgIpc) is 2.74. The van der Waals surface area contributed by atoms with Gasteiger partial charge in [0.25, 0.3) is 0 Å². The topological polar surface area (TPSA) is 38.8 Å². The number of aryl methyl sites for hydroxylation is 1. The van der Waals surface area contributed by atoms with Gasteiger partial charge >= 0.3 is 6.03 Å². The van der Waals surface area contributed by atoms with Crippen LogP contribution < -0.4 is 10.2 Å². The number of benzene rings is 2. The zero-order chi connectivity index (χ0) is 19.9. The van der Waals surface area contributed by atoms with Crippen LogP contribution in [-0.4, -0.2) is 61.6 Å². The van der Waals surface area contributed by atoms with Crippen LogP contribution in [0.1, 0.15) is 18.1 Å². The molecular weight excluding hydrogens is 348 g/mol. The van der Waals surface area contributed by atoms with Crippen LogP contribution in [0.5, 0.6) is 0 Å². The Kier molecular flexibility index (Phi) is 6.93. The number of carbonyl (C=O) groups is 1. The highest BCUT2D eigenvalue weighted by Crippen LogP contribution is 2.16. The molecule has 0 saturated carbocycles. The molecule has 2 amide bonds. The monoisotopic (exact) mass is 380 g/mol. The molecule has 1 heterocycles. The quantitative estimate of drug-likeness (QED) is 0.835. The zero-order valence-corrected chi connectivity index (χ0v) is 17.3. The first-order chi connectivity index (χ1) is 13.5. The van der Waals surface area contributed by atoms with Crippen LogP contribution in [-0.2, 0) is 6.54 Å². The van der Waals surface area contributed by atoms with Crippen LogP contribution in [0.4, 0.5) is 10.5 Å². The molecule has 1 fully saturated rings. The van der Waals surface area contributed by atoms with Crippen LogP contribution >= 0.6 is 0 Å². The van der Waals surface area contributed by atoms with Gasteiger partial charge in [0.05, 0.1) is 0 Å². The molecule has 0 aromatic heterocycles. The fourth-order valence-corrected chi connectivity index (χ4v) is 3.67. The average molecular weight is 381 g/mol. The summed E-state index contributed by atoms with van der Waals surface area (Å²) in [6.45, 7) is 9.66. The van der Waals surface area contributed by atoms with E-state index >= 15 is 0 Å². The van der Waals surface area contributed by atoms with Gasteiger partial charge in [-0.1, -0.05) is 42.5 Å². The lowest BCUT2D eigenvalue weighted by atomic mass is 10.1. The largest absolute Gasteiger partial charge is 0.369 e. The van der Waals surface area contributed by atoms with E-state index in [0.717, 1.165) is 26.2 Å². The van der Waals surface area contributed by atoms with Crippen LogP contribution in [0.25, 0.3) is 0 Å². The Bertz CT molecular complexity index is 756. The summed E-state index contributed by atoms with van der Waals surface area (Å²) >= 11 is 0. The molecule has 28 heavy (non-hydrogen) atoms. The van der Waals surface area contributed by atoms with Crippen molar-refractivity contribution in [2.24, 2.45) is 0 Å². The number of para-hydroxylation sites is 1. The van der Waals surface area contributed by atoms with Gasteiger partial charge < -0.3 is 15.1 Å². The fraction of sp³-hybridized carbons (Fsp3) is 0.435. The molecule has 1 atom stereocenters. The Balaban J connectivity index is 1.42. The van der Waals surface area contributed by atoms with E-state index in [4.69, 9.17) is 0 Å². The van der Waals surface area contributed by atoms with Crippen molar-refractivity contribution in [3.05, 3.63) is 65.7 Å². The number of piperazine rings is 1. The molecular formula is C23H32N4O. The van der Waals surface area contributed by atoms with Crippen molar-refractivity contribution in [3.63, 3.8) is 0 Å². The second-order valence-electron chi connectivity index (χ2n) is 7.68. The second kappa shape index (κ2) is 9.60. The molecule has 1 saturated heterocycles. The van der Waals surface area contributed by atoms with Crippen LogP contribution in [0.3, 0.4) is 0 Å². The lowest BCUT2D eigenvalue weighted by molar-refractivity contribution is 0.180. The van der Waals surface area contributed by atoms with Gasteiger partial charge in [-0.15, -0.1) is 0 Å². The summed E-state index contributed by atoms with van der Waals surface area (Å²) in [6.07, 6.45) is 0. The highest BCUT2D eigenvalue weighted by atomic mass is 16.2. The molecule has 1 aliphatic rings. The fourth-order valence-electron chi connectivity index (χ4n) is 3.67. The Morgan fingerprint density at radius 3 is 2.36 bits per heavy atom. The van der Waals surface area contributed by atoms with E-state index in [1.165, 1.54) is 16.8 Å². The minimum Gasteiger partial charge on any atom is -0.369 e. The number of nitrogens with one attached hydrogen (secondary N) is 1. The van der Waals surface area contributed by atoms with Crippen LogP contribution in [0.2, 0.25) is 0 Å². The van der Waals surface area contributed by atoms with Crippen molar-refractivity contribution < 1.29 is 4.79 Å². The van der Waals surface area contributed by atoms with E-state index in [1.54, 1.807) is 4.90 Å². The molecule has 0 aliphatic carbocycles. The minimum atomic E-state index is -0.0157. The van der Waals surface area contributed by atoms with E-state index in [0.29, 0.717) is 19.1 Å². The summed E-state index contributed by atoms with van der Waals surface area (Å²) in [4.78, 5) is 19.1. The summed E-state index contributed by atoms with van der Waals surface area (Å²) in [7, 11) is 1.85. The molecule has 0 bridgehead atoms. The number of hydrogen-bond donors (Lipinski definition) is 1. The van der Waals surface area contributed by atoms with Crippen molar-refractivity contribution in [1.29, 1.82) is 0 Å². The molecule has 1 N–H and O–H groups in total. The Morgan fingerprint density at radius 1 is 1.04 bits per heavy atom. The smallest absolute Gasteiger partial charge is 0.317 e. The molecule has 2 aromatic rings. The van der Waals surface area contributed by atoms with Crippen molar-refractivity contribution in [3.8, 4) is 0 Å². The molecule has 5 heteroatoms. The number of amides is 2. The van der Waals surface area contributed by atoms with Crippen molar-refractivity contribution in [2.75, 3.05) is 44.7 Å². The number of rotatable bonds is 6. The van der Waals surface area contributed by atoms with E-state index in [1.807, 2.05) is 19.2 Å². The maximum absolute atomic E-state index is 12.5. The zero-order valence-electron chi connectivity index (χ0n) is 17.3. The summed E-state index contributed by atoms with van der Waals surface area (Å²) in [5.41, 5.74) is 3.69. The minimum absolute atomic E-state index is 0.0157. The first-order valence-corrected chi connectivity index (χ1v) is 10.1. The third-order valence-electron chi connectivity index (χ3n) is 5.62. The second-order valence-corrected chi connectivity index (χ2v) is 7.68. The van der Waals surface area contributed by atoms with Crippen molar-refractivity contribution >= 4 is 11.7 Å². The molecule has 5 nitrogen and oxygen atoms in total. The molecule has 1 unspecified atom stereocenters. The lowest BCUT2D eigenvalue weighted by Gasteiger charge is -2.39. The predicted octanol–water partition coefficient (Wildman–Crippen LogP) is 3.35. The summed E-state index contributed by atoms with van der Waals surface area (Å²) < 4.78 is 0. The number of anilines is 1. The highest BCUT2D eigenvalue weighted by molar-refractivity contribution is 5.73. The third-order valence-corrected chi connectivity index (χ3v) is 5.62. The number of hydrogen-bond acceptors (Lipinski definition) is 3. The Labute approximate surface area is 168 Å². The van der Waals surface area contributed by atoms with Gasteiger partial charge in [-0.3, -0.25) is 4.90 Å². The van der Waals surface area contributed by atoms with Gasteiger partial charge in [-0.05, 0) is 37.1 Å². The molecule has 150 valence electrons. The molecule has 0 spiro atoms.